The van der Waals surface area contributed by atoms with E-state index in [1.165, 1.54) is 22.9 Å². The summed E-state index contributed by atoms with van der Waals surface area (Å²) in [6.07, 6.45) is 5.46. The summed E-state index contributed by atoms with van der Waals surface area (Å²) in [6, 6.07) is 4.77. The van der Waals surface area contributed by atoms with E-state index in [-0.39, 0.29) is 0 Å². The van der Waals surface area contributed by atoms with Gasteiger partial charge in [0.25, 0.3) is 0 Å². The van der Waals surface area contributed by atoms with Crippen molar-refractivity contribution in [2.24, 2.45) is 0 Å². The third kappa shape index (κ3) is 2.35. The van der Waals surface area contributed by atoms with Crippen LogP contribution in [-0.2, 0) is 0 Å². The van der Waals surface area contributed by atoms with Crippen LogP contribution in [0.4, 0.5) is 5.82 Å². The van der Waals surface area contributed by atoms with Crippen LogP contribution in [0.2, 0.25) is 0 Å². The van der Waals surface area contributed by atoms with E-state index < -0.39 is 0 Å². The van der Waals surface area contributed by atoms with Crippen molar-refractivity contribution in [3.63, 3.8) is 0 Å². The van der Waals surface area contributed by atoms with Gasteiger partial charge in [-0.15, -0.1) is 11.3 Å². The number of nitrogens with zero attached hydrogens (tertiary/aromatic N) is 1. The van der Waals surface area contributed by atoms with Gasteiger partial charge < -0.3 is 5.32 Å². The first kappa shape index (κ1) is 11.4. The lowest BCUT2D eigenvalue weighted by atomic mass is 10.1. The largest absolute Gasteiger partial charge is 0.367 e. The molecule has 16 heavy (non-hydrogen) atoms. The predicted octanol–water partition coefficient (Wildman–Crippen LogP) is 4.29. The molecule has 0 aliphatic rings. The number of fused-ring (bicyclic) bond motifs is 1. The maximum absolute atomic E-state index is 4.44. The molecule has 0 radical (unpaired) electrons. The molecule has 0 aromatic carbocycles. The van der Waals surface area contributed by atoms with Gasteiger partial charge in [-0.2, -0.15) is 0 Å². The molecule has 2 heterocycles. The summed E-state index contributed by atoms with van der Waals surface area (Å²) in [5.74, 6) is 1.04. The van der Waals surface area contributed by atoms with Crippen molar-refractivity contribution in [3.8, 4) is 0 Å². The Hall–Kier alpha value is -1.09. The van der Waals surface area contributed by atoms with Gasteiger partial charge in [0.2, 0.25) is 0 Å². The molecule has 0 spiro atoms. The summed E-state index contributed by atoms with van der Waals surface area (Å²) >= 11 is 1.77. The molecule has 0 aliphatic heterocycles. The summed E-state index contributed by atoms with van der Waals surface area (Å²) in [5, 5.41) is 6.93. The van der Waals surface area contributed by atoms with Crippen LogP contribution < -0.4 is 5.32 Å². The Morgan fingerprint density at radius 1 is 1.38 bits per heavy atom. The Balaban J connectivity index is 2.22. The maximum atomic E-state index is 4.44. The molecule has 0 fully saturated rings. The predicted molar refractivity (Wildman–Crippen MR) is 72.2 cm³/mol. The quantitative estimate of drug-likeness (QED) is 0.835. The van der Waals surface area contributed by atoms with Crippen LogP contribution >= 0.6 is 11.3 Å². The van der Waals surface area contributed by atoms with Crippen molar-refractivity contribution in [2.75, 3.05) is 5.32 Å². The van der Waals surface area contributed by atoms with Crippen LogP contribution in [0.25, 0.3) is 10.1 Å². The zero-order valence-electron chi connectivity index (χ0n) is 9.86. The minimum Gasteiger partial charge on any atom is -0.367 e. The van der Waals surface area contributed by atoms with Crippen molar-refractivity contribution >= 4 is 27.2 Å². The summed E-state index contributed by atoms with van der Waals surface area (Å²) in [6.45, 7) is 4.45. The minimum absolute atomic E-state index is 0.544. The minimum atomic E-state index is 0.544. The van der Waals surface area contributed by atoms with Crippen LogP contribution in [0, 0.1) is 0 Å². The number of pyridine rings is 1. The Labute approximate surface area is 101 Å². The van der Waals surface area contributed by atoms with E-state index in [1.54, 1.807) is 11.3 Å². The number of hydrogen-bond acceptors (Lipinski definition) is 3. The van der Waals surface area contributed by atoms with Gasteiger partial charge in [0.15, 0.2) is 0 Å². The van der Waals surface area contributed by atoms with E-state index >= 15 is 0 Å². The number of anilines is 1. The normalized spacial score (nSPS) is 12.9. The smallest absolute Gasteiger partial charge is 0.134 e. The highest BCUT2D eigenvalue weighted by Crippen LogP contribution is 2.26. The van der Waals surface area contributed by atoms with Gasteiger partial charge in [-0.3, -0.25) is 0 Å². The molecule has 2 aromatic rings. The van der Waals surface area contributed by atoms with Gasteiger partial charge in [-0.1, -0.05) is 20.3 Å². The second-order valence-electron chi connectivity index (χ2n) is 4.03. The van der Waals surface area contributed by atoms with Crippen LogP contribution in [0.3, 0.4) is 0 Å². The molecule has 3 heteroatoms. The third-order valence-corrected chi connectivity index (χ3v) is 3.73. The van der Waals surface area contributed by atoms with Gasteiger partial charge in [0.1, 0.15) is 5.82 Å². The van der Waals surface area contributed by atoms with E-state index in [0.717, 1.165) is 12.2 Å². The number of rotatable bonds is 5. The molecule has 1 N–H and O–H groups in total. The zero-order valence-corrected chi connectivity index (χ0v) is 10.7. The molecular formula is C13H18N2S. The van der Waals surface area contributed by atoms with E-state index in [9.17, 15) is 0 Å². The number of thiophene rings is 1. The Morgan fingerprint density at radius 3 is 3.00 bits per heavy atom. The Bertz CT molecular complexity index is 450. The lowest BCUT2D eigenvalue weighted by molar-refractivity contribution is 0.621. The number of aromatic nitrogens is 1. The molecule has 2 nitrogen and oxygen atoms in total. The lowest BCUT2D eigenvalue weighted by Crippen LogP contribution is -2.18. The van der Waals surface area contributed by atoms with Crippen molar-refractivity contribution < 1.29 is 0 Å². The average molecular weight is 234 g/mol. The van der Waals surface area contributed by atoms with E-state index in [4.69, 9.17) is 0 Å². The topological polar surface area (TPSA) is 24.9 Å². The maximum Gasteiger partial charge on any atom is 0.134 e. The first-order valence-corrected chi connectivity index (χ1v) is 6.81. The molecule has 2 aromatic heterocycles. The Kier molecular flexibility index (Phi) is 3.78. The fourth-order valence-corrected chi connectivity index (χ4v) is 2.71. The van der Waals surface area contributed by atoms with Crippen LogP contribution in [0.1, 0.15) is 33.1 Å². The Morgan fingerprint density at radius 2 is 2.25 bits per heavy atom. The SMILES string of the molecule is CCCC(CC)Nc1nccc2sccc12. The summed E-state index contributed by atoms with van der Waals surface area (Å²) < 4.78 is 1.31. The molecule has 0 saturated heterocycles. The van der Waals surface area contributed by atoms with Crippen molar-refractivity contribution in [3.05, 3.63) is 23.7 Å². The van der Waals surface area contributed by atoms with Gasteiger partial charge >= 0.3 is 0 Å². The molecule has 0 aliphatic carbocycles. The standard InChI is InChI=1S/C13H18N2S/c1-3-5-10(4-2)15-13-11-7-9-16-12(11)6-8-14-13/h6-10H,3-5H2,1-2H3,(H,14,15). The monoisotopic (exact) mass is 234 g/mol. The molecule has 1 atom stereocenters. The molecule has 86 valence electrons. The number of hydrogen-bond donors (Lipinski definition) is 1. The van der Waals surface area contributed by atoms with Gasteiger partial charge in [-0.25, -0.2) is 4.98 Å². The molecule has 0 saturated carbocycles. The van der Waals surface area contributed by atoms with Crippen molar-refractivity contribution in [1.82, 2.24) is 4.98 Å². The third-order valence-electron chi connectivity index (χ3n) is 2.85. The van der Waals surface area contributed by atoms with E-state index in [1.807, 2.05) is 6.20 Å². The van der Waals surface area contributed by atoms with Crippen LogP contribution in [0.5, 0.6) is 0 Å². The second kappa shape index (κ2) is 5.30. The first-order chi connectivity index (χ1) is 7.85. The molecular weight excluding hydrogens is 216 g/mol. The first-order valence-electron chi connectivity index (χ1n) is 5.94. The molecule has 0 amide bonds. The van der Waals surface area contributed by atoms with Gasteiger partial charge in [0.05, 0.1) is 0 Å². The fourth-order valence-electron chi connectivity index (χ4n) is 1.93. The number of nitrogens with one attached hydrogen (secondary N) is 1. The fraction of sp³-hybridized carbons (Fsp3) is 0.462. The summed E-state index contributed by atoms with van der Waals surface area (Å²) in [7, 11) is 0. The zero-order chi connectivity index (χ0) is 11.4. The van der Waals surface area contributed by atoms with Crippen molar-refractivity contribution in [2.45, 2.75) is 39.2 Å². The molecule has 1 unspecified atom stereocenters. The van der Waals surface area contributed by atoms with E-state index in [0.29, 0.717) is 6.04 Å². The second-order valence-corrected chi connectivity index (χ2v) is 4.98. The molecule has 2 rings (SSSR count). The van der Waals surface area contributed by atoms with Gasteiger partial charge in [-0.05, 0) is 30.4 Å². The molecule has 0 bridgehead atoms. The van der Waals surface area contributed by atoms with Crippen molar-refractivity contribution in [1.29, 1.82) is 0 Å². The van der Waals surface area contributed by atoms with Crippen LogP contribution in [-0.4, -0.2) is 11.0 Å². The summed E-state index contributed by atoms with van der Waals surface area (Å²) in [5.41, 5.74) is 0. The van der Waals surface area contributed by atoms with E-state index in [2.05, 4.69) is 41.7 Å². The van der Waals surface area contributed by atoms with Crippen LogP contribution in [0.15, 0.2) is 23.7 Å². The highest BCUT2D eigenvalue weighted by molar-refractivity contribution is 7.17. The van der Waals surface area contributed by atoms with Gasteiger partial charge in [0, 0.05) is 22.3 Å². The highest BCUT2D eigenvalue weighted by atomic mass is 32.1. The highest BCUT2D eigenvalue weighted by Gasteiger charge is 2.08. The lowest BCUT2D eigenvalue weighted by Gasteiger charge is -2.17. The summed E-state index contributed by atoms with van der Waals surface area (Å²) in [4.78, 5) is 4.44. The average Bonchev–Trinajstić information content (AvgIpc) is 2.77.